The summed E-state index contributed by atoms with van der Waals surface area (Å²) in [5, 5.41) is 3.31. The van der Waals surface area contributed by atoms with Gasteiger partial charge in [-0.25, -0.2) is 0 Å². The van der Waals surface area contributed by atoms with Crippen molar-refractivity contribution in [1.29, 1.82) is 0 Å². The number of benzene rings is 1. The fourth-order valence-electron chi connectivity index (χ4n) is 1.69. The molecule has 0 aliphatic rings. The maximum absolute atomic E-state index is 5.69. The zero-order valence-corrected chi connectivity index (χ0v) is 11.2. The predicted molar refractivity (Wildman–Crippen MR) is 73.5 cm³/mol. The van der Waals surface area contributed by atoms with E-state index in [4.69, 9.17) is 4.74 Å². The Balaban J connectivity index is 2.20. The third-order valence-corrected chi connectivity index (χ3v) is 2.77. The van der Waals surface area contributed by atoms with E-state index in [0.29, 0.717) is 0 Å². The molecule has 0 bridgehead atoms. The molecule has 0 atom stereocenters. The number of unbranched alkanes of at least 4 members (excludes halogenated alkanes) is 3. The molecule has 0 aromatic heterocycles. The summed E-state index contributed by atoms with van der Waals surface area (Å²) in [6, 6.07) is 8.38. The predicted octanol–water partition coefficient (Wildman–Crippen LogP) is 3.76. The second-order valence-electron chi connectivity index (χ2n) is 4.33. The van der Waals surface area contributed by atoms with Crippen LogP contribution in [0.4, 0.5) is 0 Å². The molecule has 2 nitrogen and oxygen atoms in total. The molecule has 96 valence electrons. The Bertz CT molecular complexity index is 281. The van der Waals surface area contributed by atoms with Gasteiger partial charge in [0, 0.05) is 6.54 Å². The first-order valence-corrected chi connectivity index (χ1v) is 6.79. The van der Waals surface area contributed by atoms with Gasteiger partial charge in [0.2, 0.25) is 0 Å². The van der Waals surface area contributed by atoms with Crippen LogP contribution in [0.5, 0.6) is 5.75 Å². The molecule has 0 saturated heterocycles. The standard InChI is InChI=1S/C15H25NO/c1-3-5-6-7-12-17-15-10-8-14(9-11-15)13-16-4-2/h8-11,16H,3-7,12-13H2,1-2H3. The van der Waals surface area contributed by atoms with Crippen LogP contribution >= 0.6 is 0 Å². The summed E-state index contributed by atoms with van der Waals surface area (Å²) in [6.45, 7) is 7.13. The second-order valence-corrected chi connectivity index (χ2v) is 4.33. The van der Waals surface area contributed by atoms with Crippen LogP contribution in [0.2, 0.25) is 0 Å². The fourth-order valence-corrected chi connectivity index (χ4v) is 1.69. The second kappa shape index (κ2) is 9.06. The van der Waals surface area contributed by atoms with Gasteiger partial charge in [-0.05, 0) is 30.7 Å². The lowest BCUT2D eigenvalue weighted by Crippen LogP contribution is -2.11. The van der Waals surface area contributed by atoms with Gasteiger partial charge in [-0.1, -0.05) is 45.2 Å². The van der Waals surface area contributed by atoms with Crippen molar-refractivity contribution in [2.75, 3.05) is 13.2 Å². The minimum absolute atomic E-state index is 0.840. The Morgan fingerprint density at radius 3 is 2.41 bits per heavy atom. The number of hydrogen-bond acceptors (Lipinski definition) is 2. The summed E-state index contributed by atoms with van der Waals surface area (Å²) >= 11 is 0. The summed E-state index contributed by atoms with van der Waals surface area (Å²) < 4.78 is 5.69. The molecule has 1 rings (SSSR count). The van der Waals surface area contributed by atoms with Crippen molar-refractivity contribution in [3.8, 4) is 5.75 Å². The van der Waals surface area contributed by atoms with Crippen LogP contribution in [0.25, 0.3) is 0 Å². The molecular weight excluding hydrogens is 210 g/mol. The summed E-state index contributed by atoms with van der Waals surface area (Å²) in [4.78, 5) is 0. The van der Waals surface area contributed by atoms with Gasteiger partial charge in [0.1, 0.15) is 5.75 Å². The zero-order valence-electron chi connectivity index (χ0n) is 11.2. The average molecular weight is 235 g/mol. The zero-order chi connectivity index (χ0) is 12.3. The molecule has 0 unspecified atom stereocenters. The number of ether oxygens (including phenoxy) is 1. The normalized spacial score (nSPS) is 10.5. The lowest BCUT2D eigenvalue weighted by Gasteiger charge is -2.07. The van der Waals surface area contributed by atoms with Crippen molar-refractivity contribution in [2.24, 2.45) is 0 Å². The van der Waals surface area contributed by atoms with Crippen LogP contribution in [-0.4, -0.2) is 13.2 Å². The van der Waals surface area contributed by atoms with E-state index in [1.807, 2.05) is 0 Å². The molecule has 0 radical (unpaired) electrons. The first kappa shape index (κ1) is 14.0. The van der Waals surface area contributed by atoms with E-state index in [2.05, 4.69) is 43.4 Å². The molecule has 0 amide bonds. The van der Waals surface area contributed by atoms with E-state index >= 15 is 0 Å². The van der Waals surface area contributed by atoms with Crippen molar-refractivity contribution < 1.29 is 4.74 Å². The average Bonchev–Trinajstić information content (AvgIpc) is 2.37. The Kier molecular flexibility index (Phi) is 7.48. The molecular formula is C15H25NO. The van der Waals surface area contributed by atoms with E-state index in [9.17, 15) is 0 Å². The largest absolute Gasteiger partial charge is 0.494 e. The highest BCUT2D eigenvalue weighted by Crippen LogP contribution is 2.12. The number of hydrogen-bond donors (Lipinski definition) is 1. The molecule has 17 heavy (non-hydrogen) atoms. The molecule has 2 heteroatoms. The third-order valence-electron chi connectivity index (χ3n) is 2.77. The Labute approximate surface area is 105 Å². The summed E-state index contributed by atoms with van der Waals surface area (Å²) in [5.74, 6) is 0.988. The van der Waals surface area contributed by atoms with Gasteiger partial charge in [0.15, 0.2) is 0 Å². The Hall–Kier alpha value is -1.02. The molecule has 0 aliphatic heterocycles. The number of nitrogens with one attached hydrogen (secondary N) is 1. The highest BCUT2D eigenvalue weighted by molar-refractivity contribution is 5.27. The van der Waals surface area contributed by atoms with Crippen molar-refractivity contribution >= 4 is 0 Å². The molecule has 1 aromatic carbocycles. The van der Waals surface area contributed by atoms with Gasteiger partial charge in [0.05, 0.1) is 6.61 Å². The summed E-state index contributed by atoms with van der Waals surface area (Å²) in [5.41, 5.74) is 1.31. The molecule has 0 aliphatic carbocycles. The van der Waals surface area contributed by atoms with Crippen molar-refractivity contribution in [2.45, 2.75) is 46.1 Å². The maximum Gasteiger partial charge on any atom is 0.119 e. The van der Waals surface area contributed by atoms with E-state index in [1.54, 1.807) is 0 Å². The molecule has 0 saturated carbocycles. The van der Waals surface area contributed by atoms with Gasteiger partial charge in [-0.2, -0.15) is 0 Å². The Morgan fingerprint density at radius 2 is 1.76 bits per heavy atom. The summed E-state index contributed by atoms with van der Waals surface area (Å²) in [7, 11) is 0. The molecule has 1 N–H and O–H groups in total. The fraction of sp³-hybridized carbons (Fsp3) is 0.600. The topological polar surface area (TPSA) is 21.3 Å². The van der Waals surface area contributed by atoms with Gasteiger partial charge < -0.3 is 10.1 Å². The van der Waals surface area contributed by atoms with Crippen LogP contribution in [0, 0.1) is 0 Å². The molecule has 1 aromatic rings. The van der Waals surface area contributed by atoms with Crippen LogP contribution in [0.15, 0.2) is 24.3 Å². The monoisotopic (exact) mass is 235 g/mol. The first-order chi connectivity index (χ1) is 8.36. The van der Waals surface area contributed by atoms with Crippen molar-refractivity contribution in [3.05, 3.63) is 29.8 Å². The quantitative estimate of drug-likeness (QED) is 0.658. The van der Waals surface area contributed by atoms with Crippen molar-refractivity contribution in [3.63, 3.8) is 0 Å². The minimum atomic E-state index is 0.840. The third kappa shape index (κ3) is 6.32. The van der Waals surface area contributed by atoms with Gasteiger partial charge >= 0.3 is 0 Å². The summed E-state index contributed by atoms with van der Waals surface area (Å²) in [6.07, 6.45) is 5.02. The van der Waals surface area contributed by atoms with Crippen LogP contribution < -0.4 is 10.1 Å². The van der Waals surface area contributed by atoms with Crippen LogP contribution in [-0.2, 0) is 6.54 Å². The van der Waals surface area contributed by atoms with Crippen LogP contribution in [0.3, 0.4) is 0 Å². The first-order valence-electron chi connectivity index (χ1n) is 6.79. The van der Waals surface area contributed by atoms with Gasteiger partial charge in [0.25, 0.3) is 0 Å². The molecule has 0 heterocycles. The van der Waals surface area contributed by atoms with Crippen molar-refractivity contribution in [1.82, 2.24) is 5.32 Å². The van der Waals surface area contributed by atoms with Crippen LogP contribution in [0.1, 0.15) is 45.1 Å². The highest BCUT2D eigenvalue weighted by atomic mass is 16.5. The van der Waals surface area contributed by atoms with E-state index in [1.165, 1.54) is 24.8 Å². The SMILES string of the molecule is CCCCCCOc1ccc(CNCC)cc1. The van der Waals surface area contributed by atoms with E-state index in [-0.39, 0.29) is 0 Å². The lowest BCUT2D eigenvalue weighted by molar-refractivity contribution is 0.305. The van der Waals surface area contributed by atoms with Gasteiger partial charge in [-0.3, -0.25) is 0 Å². The van der Waals surface area contributed by atoms with E-state index < -0.39 is 0 Å². The highest BCUT2D eigenvalue weighted by Gasteiger charge is 1.95. The lowest BCUT2D eigenvalue weighted by atomic mass is 10.2. The van der Waals surface area contributed by atoms with E-state index in [0.717, 1.165) is 31.9 Å². The Morgan fingerprint density at radius 1 is 1.00 bits per heavy atom. The van der Waals surface area contributed by atoms with Gasteiger partial charge in [-0.15, -0.1) is 0 Å². The molecule has 0 fully saturated rings. The minimum Gasteiger partial charge on any atom is -0.494 e. The number of rotatable bonds is 9. The molecule has 0 spiro atoms. The maximum atomic E-state index is 5.69. The smallest absolute Gasteiger partial charge is 0.119 e.